The van der Waals surface area contributed by atoms with E-state index in [0.717, 1.165) is 19.6 Å². The molecule has 2 nitrogen and oxygen atoms in total. The van der Waals surface area contributed by atoms with E-state index in [2.05, 4.69) is 59.5 Å². The average Bonchev–Trinajstić information content (AvgIpc) is 2.92. The van der Waals surface area contributed by atoms with Gasteiger partial charge in [0.1, 0.15) is 0 Å². The summed E-state index contributed by atoms with van der Waals surface area (Å²) in [6, 6.07) is 23.4. The smallest absolute Gasteiger partial charge is 0.0676 e. The normalized spacial score (nSPS) is 22.6. The summed E-state index contributed by atoms with van der Waals surface area (Å²) in [6.07, 6.45) is 0. The molecule has 1 fully saturated rings. The molecule has 2 aromatic rings. The Morgan fingerprint density at radius 2 is 1.60 bits per heavy atom. The number of hydrogen-bond acceptors (Lipinski definition) is 2. The van der Waals surface area contributed by atoms with Crippen molar-refractivity contribution in [1.82, 2.24) is 4.90 Å². The van der Waals surface area contributed by atoms with Crippen LogP contribution >= 0.6 is 0 Å². The fourth-order valence-corrected chi connectivity index (χ4v) is 3.02. The van der Waals surface area contributed by atoms with E-state index in [0.29, 0.717) is 5.92 Å². The van der Waals surface area contributed by atoms with Gasteiger partial charge < -0.3 is 0 Å². The van der Waals surface area contributed by atoms with Gasteiger partial charge in [-0.15, -0.1) is 0 Å². The number of benzene rings is 2. The van der Waals surface area contributed by atoms with Gasteiger partial charge in [-0.2, -0.15) is 5.26 Å². The lowest BCUT2D eigenvalue weighted by Gasteiger charge is -2.16. The van der Waals surface area contributed by atoms with Crippen molar-refractivity contribution in [3.05, 3.63) is 71.8 Å². The Labute approximate surface area is 120 Å². The van der Waals surface area contributed by atoms with Gasteiger partial charge in [-0.25, -0.2) is 0 Å². The highest BCUT2D eigenvalue weighted by molar-refractivity contribution is 5.25. The van der Waals surface area contributed by atoms with E-state index in [1.54, 1.807) is 0 Å². The molecule has 1 aliphatic rings. The summed E-state index contributed by atoms with van der Waals surface area (Å²) in [4.78, 5) is 2.39. The van der Waals surface area contributed by atoms with Crippen LogP contribution in [0.15, 0.2) is 60.7 Å². The Balaban J connectivity index is 1.74. The van der Waals surface area contributed by atoms with Gasteiger partial charge in [0.2, 0.25) is 0 Å². The summed E-state index contributed by atoms with van der Waals surface area (Å²) in [6.45, 7) is 2.77. The zero-order chi connectivity index (χ0) is 13.8. The second kappa shape index (κ2) is 5.90. The lowest BCUT2D eigenvalue weighted by molar-refractivity contribution is 0.322. The lowest BCUT2D eigenvalue weighted by atomic mass is 9.90. The Morgan fingerprint density at radius 1 is 0.950 bits per heavy atom. The predicted octanol–water partition coefficient (Wildman–Crippen LogP) is 3.43. The summed E-state index contributed by atoms with van der Waals surface area (Å²) in [5, 5.41) is 9.40. The molecule has 0 saturated carbocycles. The van der Waals surface area contributed by atoms with Crippen molar-refractivity contribution in [2.45, 2.75) is 12.5 Å². The number of likely N-dealkylation sites (tertiary alicyclic amines) is 1. The summed E-state index contributed by atoms with van der Waals surface area (Å²) in [5.74, 6) is 0.436. The van der Waals surface area contributed by atoms with Crippen LogP contribution < -0.4 is 0 Å². The molecular formula is C18H18N2. The van der Waals surface area contributed by atoms with Crippen LogP contribution in [0.25, 0.3) is 0 Å². The third-order valence-electron chi connectivity index (χ3n) is 4.04. The highest BCUT2D eigenvalue weighted by atomic mass is 15.2. The molecule has 0 aliphatic carbocycles. The Hall–Kier alpha value is -2.11. The number of nitrogens with zero attached hydrogens (tertiary/aromatic N) is 2. The van der Waals surface area contributed by atoms with Crippen LogP contribution in [0.1, 0.15) is 17.0 Å². The number of rotatable bonds is 3. The van der Waals surface area contributed by atoms with Crippen LogP contribution in [0.4, 0.5) is 0 Å². The maximum absolute atomic E-state index is 9.40. The standard InChI is InChI=1S/C18H18N2/c19-11-17-13-20(12-15-7-3-1-4-8-15)14-18(17)16-9-5-2-6-10-16/h1-10,17-18H,12-14H2/t17-,18+/m1/s1. The molecule has 20 heavy (non-hydrogen) atoms. The summed E-state index contributed by atoms with van der Waals surface area (Å²) in [5.41, 5.74) is 2.60. The molecule has 0 unspecified atom stereocenters. The maximum Gasteiger partial charge on any atom is 0.0676 e. The molecule has 0 spiro atoms. The molecule has 0 N–H and O–H groups in total. The van der Waals surface area contributed by atoms with Crippen LogP contribution in [-0.4, -0.2) is 18.0 Å². The zero-order valence-corrected chi connectivity index (χ0v) is 11.4. The molecule has 100 valence electrons. The van der Waals surface area contributed by atoms with E-state index in [1.807, 2.05) is 12.1 Å². The molecule has 0 bridgehead atoms. The van der Waals surface area contributed by atoms with E-state index in [9.17, 15) is 5.26 Å². The second-order valence-electron chi connectivity index (χ2n) is 5.43. The molecule has 1 heterocycles. The monoisotopic (exact) mass is 262 g/mol. The van der Waals surface area contributed by atoms with E-state index >= 15 is 0 Å². The van der Waals surface area contributed by atoms with Gasteiger partial charge in [0.05, 0.1) is 12.0 Å². The van der Waals surface area contributed by atoms with Crippen molar-refractivity contribution < 1.29 is 0 Å². The molecule has 0 radical (unpaired) electrons. The topological polar surface area (TPSA) is 27.0 Å². The van der Waals surface area contributed by atoms with Crippen LogP contribution in [0.5, 0.6) is 0 Å². The second-order valence-corrected chi connectivity index (χ2v) is 5.43. The van der Waals surface area contributed by atoms with Gasteiger partial charge in [-0.3, -0.25) is 4.90 Å². The minimum atomic E-state index is 0.0983. The van der Waals surface area contributed by atoms with Crippen molar-refractivity contribution >= 4 is 0 Å². The minimum absolute atomic E-state index is 0.0983. The highest BCUT2D eigenvalue weighted by Gasteiger charge is 2.33. The van der Waals surface area contributed by atoms with Crippen molar-refractivity contribution in [2.24, 2.45) is 5.92 Å². The van der Waals surface area contributed by atoms with Gasteiger partial charge in [0, 0.05) is 25.6 Å². The Morgan fingerprint density at radius 3 is 2.25 bits per heavy atom. The predicted molar refractivity (Wildman–Crippen MR) is 80.0 cm³/mol. The van der Waals surface area contributed by atoms with Crippen LogP contribution in [-0.2, 0) is 6.54 Å². The van der Waals surface area contributed by atoms with Gasteiger partial charge in [-0.05, 0) is 11.1 Å². The molecule has 1 saturated heterocycles. The summed E-state index contributed by atoms with van der Waals surface area (Å²) >= 11 is 0. The van der Waals surface area contributed by atoms with Crippen LogP contribution in [0.3, 0.4) is 0 Å². The van der Waals surface area contributed by atoms with E-state index in [4.69, 9.17) is 0 Å². The molecular weight excluding hydrogens is 244 g/mol. The summed E-state index contributed by atoms with van der Waals surface area (Å²) in [7, 11) is 0. The van der Waals surface area contributed by atoms with E-state index in [-0.39, 0.29) is 5.92 Å². The maximum atomic E-state index is 9.40. The first-order valence-electron chi connectivity index (χ1n) is 7.07. The van der Waals surface area contributed by atoms with Crippen LogP contribution in [0.2, 0.25) is 0 Å². The van der Waals surface area contributed by atoms with Gasteiger partial charge >= 0.3 is 0 Å². The molecule has 2 atom stereocenters. The lowest BCUT2D eigenvalue weighted by Crippen LogP contribution is -2.20. The molecule has 1 aliphatic heterocycles. The Bertz CT molecular complexity index is 586. The molecule has 2 aromatic carbocycles. The summed E-state index contributed by atoms with van der Waals surface area (Å²) < 4.78 is 0. The average molecular weight is 262 g/mol. The quantitative estimate of drug-likeness (QED) is 0.847. The largest absolute Gasteiger partial charge is 0.297 e. The number of nitriles is 1. The zero-order valence-electron chi connectivity index (χ0n) is 11.4. The fraction of sp³-hybridized carbons (Fsp3) is 0.278. The fourth-order valence-electron chi connectivity index (χ4n) is 3.02. The van der Waals surface area contributed by atoms with Gasteiger partial charge in [0.15, 0.2) is 0 Å². The first-order chi connectivity index (χ1) is 9.86. The SMILES string of the molecule is N#C[C@@H]1CN(Cc2ccccc2)C[C@H]1c1ccccc1. The highest BCUT2D eigenvalue weighted by Crippen LogP contribution is 2.32. The van der Waals surface area contributed by atoms with Crippen molar-refractivity contribution in [1.29, 1.82) is 5.26 Å². The molecule has 2 heteroatoms. The first-order valence-corrected chi connectivity index (χ1v) is 7.07. The van der Waals surface area contributed by atoms with E-state index in [1.165, 1.54) is 11.1 Å². The third kappa shape index (κ3) is 2.74. The van der Waals surface area contributed by atoms with Gasteiger partial charge in [-0.1, -0.05) is 60.7 Å². The third-order valence-corrected chi connectivity index (χ3v) is 4.04. The molecule has 0 aromatic heterocycles. The minimum Gasteiger partial charge on any atom is -0.297 e. The van der Waals surface area contributed by atoms with Crippen molar-refractivity contribution in [3.63, 3.8) is 0 Å². The molecule has 3 rings (SSSR count). The van der Waals surface area contributed by atoms with Crippen molar-refractivity contribution in [2.75, 3.05) is 13.1 Å². The molecule has 0 amide bonds. The van der Waals surface area contributed by atoms with Gasteiger partial charge in [0.25, 0.3) is 0 Å². The van der Waals surface area contributed by atoms with E-state index < -0.39 is 0 Å². The van der Waals surface area contributed by atoms with Crippen molar-refractivity contribution in [3.8, 4) is 6.07 Å². The first kappa shape index (κ1) is 12.9. The van der Waals surface area contributed by atoms with Crippen LogP contribution in [0, 0.1) is 17.2 Å². The number of hydrogen-bond donors (Lipinski definition) is 0. The Kier molecular flexibility index (Phi) is 3.80.